The van der Waals surface area contributed by atoms with Crippen LogP contribution in [0, 0.1) is 0 Å². The molecule has 1 atom stereocenters. The van der Waals surface area contributed by atoms with Crippen LogP contribution in [-0.4, -0.2) is 45.7 Å². The van der Waals surface area contributed by atoms with Crippen LogP contribution in [0.1, 0.15) is 38.4 Å². The summed E-state index contributed by atoms with van der Waals surface area (Å²) in [5, 5.41) is 9.31. The molecule has 0 aliphatic rings. The van der Waals surface area contributed by atoms with Crippen LogP contribution < -0.4 is 0 Å². The number of carbonyl (C=O) groups is 2. The second kappa shape index (κ2) is 7.71. The van der Waals surface area contributed by atoms with E-state index >= 15 is 0 Å². The first kappa shape index (κ1) is 20.7. The number of aromatic nitrogens is 1. The number of alkyl halides is 3. The van der Waals surface area contributed by atoms with E-state index in [9.17, 15) is 27.9 Å². The molecule has 0 fully saturated rings. The molecule has 25 heavy (non-hydrogen) atoms. The number of aliphatic carboxylic acids is 1. The second-order valence-electron chi connectivity index (χ2n) is 6.53. The van der Waals surface area contributed by atoms with Gasteiger partial charge in [0, 0.05) is 13.2 Å². The van der Waals surface area contributed by atoms with Gasteiger partial charge in [-0.2, -0.15) is 13.2 Å². The number of aryl methyl sites for hydroxylation is 1. The molecular formula is C16H21F3N2O4. The van der Waals surface area contributed by atoms with Crippen LogP contribution in [0.3, 0.4) is 0 Å². The SMILES string of the molecule is CN(C(=O)OC(C)(C)C)[C@H](CCc1ccnc(C(F)(F)F)c1)C(=O)O. The number of pyridine rings is 1. The van der Waals surface area contributed by atoms with Crippen LogP contribution in [0.4, 0.5) is 18.0 Å². The van der Waals surface area contributed by atoms with Gasteiger partial charge in [0.15, 0.2) is 0 Å². The first-order valence-corrected chi connectivity index (χ1v) is 7.52. The summed E-state index contributed by atoms with van der Waals surface area (Å²) < 4.78 is 43.1. The normalized spacial score (nSPS) is 13.2. The van der Waals surface area contributed by atoms with Crippen LogP contribution in [0.5, 0.6) is 0 Å². The van der Waals surface area contributed by atoms with Crippen LogP contribution >= 0.6 is 0 Å². The summed E-state index contributed by atoms with van der Waals surface area (Å²) in [5.41, 5.74) is -1.55. The number of ether oxygens (including phenoxy) is 1. The number of carboxylic acids is 1. The predicted octanol–water partition coefficient (Wildman–Crippen LogP) is 3.35. The lowest BCUT2D eigenvalue weighted by molar-refractivity contribution is -0.143. The molecule has 1 aromatic rings. The number of halogens is 3. The third-order valence-corrected chi connectivity index (χ3v) is 3.26. The minimum absolute atomic E-state index is 0.0374. The minimum atomic E-state index is -4.57. The van der Waals surface area contributed by atoms with E-state index < -0.39 is 35.6 Å². The fraction of sp³-hybridized carbons (Fsp3) is 0.562. The van der Waals surface area contributed by atoms with Crippen molar-refractivity contribution < 1.29 is 32.6 Å². The average molecular weight is 362 g/mol. The second-order valence-corrected chi connectivity index (χ2v) is 6.53. The monoisotopic (exact) mass is 362 g/mol. The minimum Gasteiger partial charge on any atom is -0.480 e. The summed E-state index contributed by atoms with van der Waals surface area (Å²) in [6.45, 7) is 4.93. The van der Waals surface area contributed by atoms with E-state index in [-0.39, 0.29) is 18.4 Å². The molecule has 1 rings (SSSR count). The van der Waals surface area contributed by atoms with Crippen molar-refractivity contribution in [2.75, 3.05) is 7.05 Å². The summed E-state index contributed by atoms with van der Waals surface area (Å²) in [5.74, 6) is -1.27. The van der Waals surface area contributed by atoms with Gasteiger partial charge in [0.05, 0.1) is 0 Å². The molecule has 0 saturated heterocycles. The molecule has 0 aromatic carbocycles. The number of likely N-dealkylation sites (N-methyl/N-ethyl adjacent to an activating group) is 1. The molecule has 0 spiro atoms. The first-order valence-electron chi connectivity index (χ1n) is 7.52. The maximum absolute atomic E-state index is 12.7. The Morgan fingerprint density at radius 3 is 2.40 bits per heavy atom. The van der Waals surface area contributed by atoms with E-state index in [2.05, 4.69) is 4.98 Å². The summed E-state index contributed by atoms with van der Waals surface area (Å²) in [7, 11) is 1.28. The zero-order chi connectivity index (χ0) is 19.4. The number of hydrogen-bond donors (Lipinski definition) is 1. The maximum atomic E-state index is 12.7. The Bertz CT molecular complexity index is 627. The van der Waals surface area contributed by atoms with E-state index in [1.807, 2.05) is 0 Å². The van der Waals surface area contributed by atoms with Crippen molar-refractivity contribution in [3.8, 4) is 0 Å². The van der Waals surface area contributed by atoms with Gasteiger partial charge in [0.2, 0.25) is 0 Å². The number of amides is 1. The van der Waals surface area contributed by atoms with Gasteiger partial charge in [-0.25, -0.2) is 9.59 Å². The van der Waals surface area contributed by atoms with E-state index in [1.54, 1.807) is 20.8 Å². The molecule has 0 bridgehead atoms. The molecule has 0 unspecified atom stereocenters. The molecule has 140 valence electrons. The molecule has 0 aliphatic heterocycles. The zero-order valence-corrected chi connectivity index (χ0v) is 14.4. The zero-order valence-electron chi connectivity index (χ0n) is 14.4. The van der Waals surface area contributed by atoms with E-state index in [1.165, 1.54) is 13.1 Å². The molecule has 6 nitrogen and oxygen atoms in total. The van der Waals surface area contributed by atoms with Crippen LogP contribution in [0.25, 0.3) is 0 Å². The van der Waals surface area contributed by atoms with Gasteiger partial charge in [-0.3, -0.25) is 9.88 Å². The smallest absolute Gasteiger partial charge is 0.433 e. The highest BCUT2D eigenvalue weighted by Gasteiger charge is 2.33. The number of carboxylic acid groups (broad SMARTS) is 1. The summed E-state index contributed by atoms with van der Waals surface area (Å²) in [4.78, 5) is 27.6. The number of rotatable bonds is 5. The van der Waals surface area contributed by atoms with E-state index in [0.29, 0.717) is 0 Å². The topological polar surface area (TPSA) is 79.7 Å². The Morgan fingerprint density at radius 1 is 1.32 bits per heavy atom. The van der Waals surface area contributed by atoms with Crippen molar-refractivity contribution in [3.05, 3.63) is 29.6 Å². The lowest BCUT2D eigenvalue weighted by atomic mass is 10.0. The average Bonchev–Trinajstić information content (AvgIpc) is 2.44. The molecular weight excluding hydrogens is 341 g/mol. The Balaban J connectivity index is 2.83. The number of nitrogens with zero attached hydrogens (tertiary/aromatic N) is 2. The summed E-state index contributed by atoms with van der Waals surface area (Å²) in [6, 6.07) is 1.02. The van der Waals surface area contributed by atoms with Crippen LogP contribution in [0.15, 0.2) is 18.3 Å². The van der Waals surface area contributed by atoms with E-state index in [4.69, 9.17) is 4.74 Å². The number of hydrogen-bond acceptors (Lipinski definition) is 4. The fourth-order valence-electron chi connectivity index (χ4n) is 2.03. The summed E-state index contributed by atoms with van der Waals surface area (Å²) >= 11 is 0. The van der Waals surface area contributed by atoms with Crippen molar-refractivity contribution in [1.29, 1.82) is 0 Å². The Labute approximate surface area is 143 Å². The van der Waals surface area contributed by atoms with Crippen molar-refractivity contribution in [2.45, 2.75) is 51.4 Å². The highest BCUT2D eigenvalue weighted by Crippen LogP contribution is 2.28. The largest absolute Gasteiger partial charge is 0.480 e. The lowest BCUT2D eigenvalue weighted by Gasteiger charge is -2.28. The molecule has 1 amide bonds. The molecule has 0 saturated carbocycles. The van der Waals surface area contributed by atoms with Crippen molar-refractivity contribution in [2.24, 2.45) is 0 Å². The molecule has 0 radical (unpaired) electrons. The Hall–Kier alpha value is -2.32. The fourth-order valence-corrected chi connectivity index (χ4v) is 2.03. The van der Waals surface area contributed by atoms with Gasteiger partial charge in [-0.05, 0) is 51.3 Å². The third kappa shape index (κ3) is 6.60. The standard InChI is InChI=1S/C16H21F3N2O4/c1-15(2,3)25-14(24)21(4)11(13(22)23)6-5-10-7-8-20-12(9-10)16(17,18)19/h7-9,11H,5-6H2,1-4H3,(H,22,23)/t11-/m1/s1. The lowest BCUT2D eigenvalue weighted by Crippen LogP contribution is -2.45. The van der Waals surface area contributed by atoms with Crippen molar-refractivity contribution in [1.82, 2.24) is 9.88 Å². The van der Waals surface area contributed by atoms with Gasteiger partial charge in [0.25, 0.3) is 0 Å². The van der Waals surface area contributed by atoms with Crippen LogP contribution in [0.2, 0.25) is 0 Å². The van der Waals surface area contributed by atoms with Gasteiger partial charge in [0.1, 0.15) is 17.3 Å². The highest BCUT2D eigenvalue weighted by atomic mass is 19.4. The molecule has 9 heteroatoms. The predicted molar refractivity (Wildman–Crippen MR) is 83.0 cm³/mol. The first-order chi connectivity index (χ1) is 11.3. The molecule has 0 aliphatic carbocycles. The molecule has 1 N–H and O–H groups in total. The van der Waals surface area contributed by atoms with E-state index in [0.717, 1.165) is 17.2 Å². The van der Waals surface area contributed by atoms with Crippen molar-refractivity contribution in [3.63, 3.8) is 0 Å². The highest BCUT2D eigenvalue weighted by molar-refractivity contribution is 5.80. The Kier molecular flexibility index (Phi) is 6.39. The number of carbonyl (C=O) groups excluding carboxylic acids is 1. The van der Waals surface area contributed by atoms with Crippen molar-refractivity contribution >= 4 is 12.1 Å². The van der Waals surface area contributed by atoms with Gasteiger partial charge in [-0.1, -0.05) is 0 Å². The quantitative estimate of drug-likeness (QED) is 0.869. The molecule has 1 heterocycles. The van der Waals surface area contributed by atoms with Gasteiger partial charge < -0.3 is 9.84 Å². The maximum Gasteiger partial charge on any atom is 0.433 e. The van der Waals surface area contributed by atoms with Gasteiger partial charge >= 0.3 is 18.2 Å². The Morgan fingerprint density at radius 2 is 1.92 bits per heavy atom. The third-order valence-electron chi connectivity index (χ3n) is 3.26. The summed E-state index contributed by atoms with van der Waals surface area (Å²) in [6.07, 6.45) is -4.39. The molecule has 1 aromatic heterocycles. The van der Waals surface area contributed by atoms with Crippen LogP contribution in [-0.2, 0) is 22.1 Å². The van der Waals surface area contributed by atoms with Gasteiger partial charge in [-0.15, -0.1) is 0 Å².